The van der Waals surface area contributed by atoms with Gasteiger partial charge in [0.25, 0.3) is 0 Å². The maximum absolute atomic E-state index is 6.24. The van der Waals surface area contributed by atoms with E-state index in [1.54, 1.807) is 0 Å². The van der Waals surface area contributed by atoms with E-state index in [2.05, 4.69) is 20.9 Å². The van der Waals surface area contributed by atoms with Crippen molar-refractivity contribution in [3.05, 3.63) is 0 Å². The van der Waals surface area contributed by atoms with Gasteiger partial charge in [0.1, 0.15) is 0 Å². The molecule has 0 spiro atoms. The number of rotatable bonds is 17. The molecule has 0 bridgehead atoms. The van der Waals surface area contributed by atoms with Crippen LogP contribution in [0.4, 0.5) is 0 Å². The largest absolute Gasteiger partial charge is 1.00 e. The van der Waals surface area contributed by atoms with Gasteiger partial charge in [-0.25, -0.2) is 0 Å². The molecule has 0 unspecified atom stereocenters. The molecule has 0 aliphatic heterocycles. The third-order valence-electron chi connectivity index (χ3n) is 4.89. The molecule has 0 saturated heterocycles. The molecule has 0 radical (unpaired) electrons. The first-order valence-corrected chi connectivity index (χ1v) is 10.6. The second-order valence-electron chi connectivity index (χ2n) is 7.43. The van der Waals surface area contributed by atoms with Gasteiger partial charge in [0.05, 0.1) is 20.1 Å². The fraction of sp³-hybridized carbons (Fsp3) is 1.00. The molecule has 0 amide bonds. The van der Waals surface area contributed by atoms with E-state index in [-0.39, 0.29) is 12.4 Å². The van der Waals surface area contributed by atoms with E-state index in [1.165, 1.54) is 103 Å². The molecule has 0 aromatic carbocycles. The third kappa shape index (κ3) is 17.2. The third-order valence-corrected chi connectivity index (χ3v) is 5.47. The highest BCUT2D eigenvalue weighted by atomic mass is 35.5. The zero-order chi connectivity index (χ0) is 16.5. The van der Waals surface area contributed by atoms with E-state index in [9.17, 15) is 0 Å². The monoisotopic (exact) mass is 367 g/mol. The van der Waals surface area contributed by atoms with Crippen LogP contribution in [0.2, 0.25) is 0 Å². The molecular weight excluding hydrogens is 325 g/mol. The quantitative estimate of drug-likeness (QED) is 0.157. The normalized spacial score (nSPS) is 11.5. The van der Waals surface area contributed by atoms with Gasteiger partial charge < -0.3 is 16.9 Å². The highest BCUT2D eigenvalue weighted by Gasteiger charge is 2.18. The summed E-state index contributed by atoms with van der Waals surface area (Å²) in [5.74, 6) is 0. The summed E-state index contributed by atoms with van der Waals surface area (Å²) in [5.41, 5.74) is 0. The van der Waals surface area contributed by atoms with Crippen LogP contribution in [0.15, 0.2) is 0 Å². The lowest BCUT2D eigenvalue weighted by Gasteiger charge is -2.32. The first-order valence-electron chi connectivity index (χ1n) is 10.1. The molecule has 3 heteroatoms. The molecule has 0 atom stereocenters. The first kappa shape index (κ1) is 25.8. The molecule has 23 heavy (non-hydrogen) atoms. The van der Waals surface area contributed by atoms with Gasteiger partial charge >= 0.3 is 0 Å². The second-order valence-corrected chi connectivity index (χ2v) is 7.67. The van der Waals surface area contributed by atoms with Crippen LogP contribution in [-0.2, 0) is 0 Å². The summed E-state index contributed by atoms with van der Waals surface area (Å²) >= 11 is 6.24. The number of hydrogen-bond donors (Lipinski definition) is 0. The maximum Gasteiger partial charge on any atom is 0.154 e. The van der Waals surface area contributed by atoms with Crippen molar-refractivity contribution < 1.29 is 16.9 Å². The summed E-state index contributed by atoms with van der Waals surface area (Å²) < 4.78 is 1.07. The predicted octanol–water partition coefficient (Wildman–Crippen LogP) is 4.13. The number of alkyl halides is 1. The molecule has 1 nitrogen and oxygen atoms in total. The molecule has 0 fully saturated rings. The highest BCUT2D eigenvalue weighted by Crippen LogP contribution is 2.14. The SMILES string of the molecule is CCCCCCCCC[N+](C)(CCl)CCCCCCCCC.[Cl-]. The van der Waals surface area contributed by atoms with Crippen LogP contribution < -0.4 is 12.4 Å². The van der Waals surface area contributed by atoms with Crippen LogP contribution in [0.1, 0.15) is 104 Å². The Hall–Kier alpha value is 0.540. The highest BCUT2D eigenvalue weighted by molar-refractivity contribution is 6.16. The minimum absolute atomic E-state index is 0. The molecular formula is C20H43Cl2N. The van der Waals surface area contributed by atoms with E-state index in [0.29, 0.717) is 0 Å². The van der Waals surface area contributed by atoms with E-state index in [0.717, 1.165) is 10.5 Å². The number of unbranched alkanes of at least 4 members (excludes halogenated alkanes) is 12. The summed E-state index contributed by atoms with van der Waals surface area (Å²) in [5, 5.41) is 0. The fourth-order valence-electron chi connectivity index (χ4n) is 3.13. The van der Waals surface area contributed by atoms with Gasteiger partial charge in [-0.3, -0.25) is 0 Å². The van der Waals surface area contributed by atoms with Crippen molar-refractivity contribution >= 4 is 11.6 Å². The van der Waals surface area contributed by atoms with Crippen molar-refractivity contribution in [2.45, 2.75) is 104 Å². The molecule has 0 aliphatic carbocycles. The average Bonchev–Trinajstić information content (AvgIpc) is 2.53. The number of nitrogens with zero attached hydrogens (tertiary/aromatic N) is 1. The lowest BCUT2D eigenvalue weighted by atomic mass is 10.1. The smallest absolute Gasteiger partial charge is 0.154 e. The Morgan fingerprint density at radius 2 is 0.870 bits per heavy atom. The molecule has 142 valence electrons. The Labute approximate surface area is 158 Å². The Kier molecular flexibility index (Phi) is 21.2. The van der Waals surface area contributed by atoms with Crippen LogP contribution in [-0.4, -0.2) is 30.6 Å². The zero-order valence-electron chi connectivity index (χ0n) is 16.2. The van der Waals surface area contributed by atoms with E-state index in [1.807, 2.05) is 0 Å². The molecule has 0 aromatic heterocycles. The van der Waals surface area contributed by atoms with Crippen molar-refractivity contribution in [2.75, 3.05) is 26.1 Å². The standard InChI is InChI=1S/C20H43ClN.ClH/c1-4-6-8-10-12-14-16-18-22(3,20-21)19-17-15-13-11-9-7-5-2;/h4-20H2,1-3H3;1H/q+1;/p-1. The van der Waals surface area contributed by atoms with Crippen LogP contribution in [0.5, 0.6) is 0 Å². The van der Waals surface area contributed by atoms with Crippen molar-refractivity contribution in [3.63, 3.8) is 0 Å². The maximum atomic E-state index is 6.24. The average molecular weight is 368 g/mol. The Balaban J connectivity index is 0. The van der Waals surface area contributed by atoms with Crippen molar-refractivity contribution in [1.29, 1.82) is 0 Å². The predicted molar refractivity (Wildman–Crippen MR) is 103 cm³/mol. The van der Waals surface area contributed by atoms with Crippen molar-refractivity contribution in [3.8, 4) is 0 Å². The number of hydrogen-bond acceptors (Lipinski definition) is 0. The van der Waals surface area contributed by atoms with Crippen LogP contribution in [0, 0.1) is 0 Å². The van der Waals surface area contributed by atoms with Gasteiger partial charge in [0.15, 0.2) is 6.00 Å². The Morgan fingerprint density at radius 3 is 1.17 bits per heavy atom. The van der Waals surface area contributed by atoms with Gasteiger partial charge in [0.2, 0.25) is 0 Å². The Bertz CT molecular complexity index is 204. The van der Waals surface area contributed by atoms with Crippen molar-refractivity contribution in [2.24, 2.45) is 0 Å². The fourth-order valence-corrected chi connectivity index (χ4v) is 3.37. The minimum Gasteiger partial charge on any atom is -1.00 e. The van der Waals surface area contributed by atoms with E-state index in [4.69, 9.17) is 11.6 Å². The molecule has 0 N–H and O–H groups in total. The second kappa shape index (κ2) is 18.9. The van der Waals surface area contributed by atoms with Crippen molar-refractivity contribution in [1.82, 2.24) is 0 Å². The molecule has 0 heterocycles. The summed E-state index contributed by atoms with van der Waals surface area (Å²) in [6.07, 6.45) is 19.5. The van der Waals surface area contributed by atoms with E-state index >= 15 is 0 Å². The summed E-state index contributed by atoms with van der Waals surface area (Å²) in [6, 6.07) is 0.783. The molecule has 0 saturated carbocycles. The molecule has 0 aliphatic rings. The van der Waals surface area contributed by atoms with Gasteiger partial charge in [-0.15, -0.1) is 0 Å². The number of quaternary nitrogens is 1. The van der Waals surface area contributed by atoms with Crippen LogP contribution >= 0.6 is 11.6 Å². The molecule has 0 rings (SSSR count). The summed E-state index contributed by atoms with van der Waals surface area (Å²) in [4.78, 5) is 0. The van der Waals surface area contributed by atoms with Gasteiger partial charge in [-0.05, 0) is 25.7 Å². The molecule has 0 aromatic rings. The van der Waals surface area contributed by atoms with Gasteiger partial charge in [-0.2, -0.15) is 0 Å². The summed E-state index contributed by atoms with van der Waals surface area (Å²) in [6.45, 7) is 7.11. The van der Waals surface area contributed by atoms with Gasteiger partial charge in [-0.1, -0.05) is 89.7 Å². The lowest BCUT2D eigenvalue weighted by molar-refractivity contribution is -0.899. The zero-order valence-corrected chi connectivity index (χ0v) is 17.7. The lowest BCUT2D eigenvalue weighted by Crippen LogP contribution is -3.00. The number of halogens is 2. The van der Waals surface area contributed by atoms with Crippen LogP contribution in [0.3, 0.4) is 0 Å². The minimum atomic E-state index is 0. The van der Waals surface area contributed by atoms with E-state index < -0.39 is 0 Å². The topological polar surface area (TPSA) is 0 Å². The summed E-state index contributed by atoms with van der Waals surface area (Å²) in [7, 11) is 2.35. The van der Waals surface area contributed by atoms with Gasteiger partial charge in [0, 0.05) is 0 Å². The van der Waals surface area contributed by atoms with Crippen LogP contribution in [0.25, 0.3) is 0 Å². The Morgan fingerprint density at radius 1 is 0.565 bits per heavy atom. The first-order chi connectivity index (χ1) is 10.7.